The summed E-state index contributed by atoms with van der Waals surface area (Å²) in [6.07, 6.45) is 0.0115. The first-order valence-corrected chi connectivity index (χ1v) is 13.6. The van der Waals surface area contributed by atoms with Crippen LogP contribution in [0.3, 0.4) is 0 Å². The lowest BCUT2D eigenvalue weighted by Gasteiger charge is -2.36. The second-order valence-electron chi connectivity index (χ2n) is 9.34. The molecule has 0 saturated carbocycles. The quantitative estimate of drug-likeness (QED) is 0.492. The van der Waals surface area contributed by atoms with Crippen molar-refractivity contribution in [1.29, 1.82) is 0 Å². The van der Waals surface area contributed by atoms with E-state index in [4.69, 9.17) is 9.98 Å². The van der Waals surface area contributed by atoms with Gasteiger partial charge in [-0.3, -0.25) is 14.6 Å². The Labute approximate surface area is 224 Å². The van der Waals surface area contributed by atoms with E-state index in [1.165, 1.54) is 22.7 Å². The van der Waals surface area contributed by atoms with Gasteiger partial charge in [-0.15, -0.1) is 0 Å². The van der Waals surface area contributed by atoms with Gasteiger partial charge >= 0.3 is 0 Å². The zero-order chi connectivity index (χ0) is 26.1. The molecule has 38 heavy (non-hydrogen) atoms. The molecule has 0 radical (unpaired) electrons. The molecule has 2 amide bonds. The third-order valence-electron chi connectivity index (χ3n) is 6.98. The van der Waals surface area contributed by atoms with Crippen LogP contribution in [0, 0.1) is 5.82 Å². The summed E-state index contributed by atoms with van der Waals surface area (Å²) < 4.78 is 14.2. The number of hydrogen-bond acceptors (Lipinski definition) is 6. The molecule has 0 bridgehead atoms. The van der Waals surface area contributed by atoms with Gasteiger partial charge in [-0.1, -0.05) is 60.3 Å². The maximum absolute atomic E-state index is 14.2. The maximum Gasteiger partial charge on any atom is 0.259 e. The topological polar surface area (TPSA) is 68.6 Å². The van der Waals surface area contributed by atoms with Crippen LogP contribution in [0.1, 0.15) is 17.5 Å². The van der Waals surface area contributed by atoms with Crippen LogP contribution >= 0.6 is 11.8 Å². The van der Waals surface area contributed by atoms with Gasteiger partial charge in [0.25, 0.3) is 5.91 Å². The molecule has 192 valence electrons. The lowest BCUT2D eigenvalue weighted by Crippen LogP contribution is -2.49. The van der Waals surface area contributed by atoms with Gasteiger partial charge in [-0.05, 0) is 35.9 Å². The zero-order valence-corrected chi connectivity index (χ0v) is 21.5. The number of halogens is 1. The highest BCUT2D eigenvalue weighted by Gasteiger charge is 2.42. The average Bonchev–Trinajstić information content (AvgIpc) is 3.29. The number of hydrogen-bond donors (Lipinski definition) is 0. The molecule has 0 aliphatic carbocycles. The second kappa shape index (κ2) is 10.4. The molecule has 3 aliphatic rings. The number of thioether (sulfide) groups is 1. The molecule has 3 aliphatic heterocycles. The van der Waals surface area contributed by atoms with Crippen molar-refractivity contribution >= 4 is 46.0 Å². The predicted molar refractivity (Wildman–Crippen MR) is 148 cm³/mol. The van der Waals surface area contributed by atoms with Gasteiger partial charge in [0, 0.05) is 43.2 Å². The lowest BCUT2D eigenvalue weighted by molar-refractivity contribution is -0.135. The SMILES string of the molecule is O=C(CC1N=C2c3ccccc3N=C(SCc3ccccc3F)N2C1=O)N1CCN(c2ccccc2)CC1. The standard InChI is InChI=1S/C29H26FN5O2S/c30-23-12-6-4-8-20(23)19-38-29-32-24-13-7-5-11-22(24)27-31-25(28(37)35(27)29)18-26(36)34-16-14-33(15-17-34)21-9-2-1-3-10-21/h1-13,25H,14-19H2. The van der Waals surface area contributed by atoms with E-state index >= 15 is 0 Å². The van der Waals surface area contributed by atoms with E-state index in [1.807, 2.05) is 47.4 Å². The first kappa shape index (κ1) is 24.4. The monoisotopic (exact) mass is 527 g/mol. The molecule has 1 saturated heterocycles. The smallest absolute Gasteiger partial charge is 0.259 e. The Morgan fingerprint density at radius 1 is 0.921 bits per heavy atom. The van der Waals surface area contributed by atoms with E-state index in [0.29, 0.717) is 41.1 Å². The second-order valence-corrected chi connectivity index (χ2v) is 10.3. The van der Waals surface area contributed by atoms with Gasteiger partial charge in [0.15, 0.2) is 5.17 Å². The number of nitrogens with zero attached hydrogens (tertiary/aromatic N) is 5. The summed E-state index contributed by atoms with van der Waals surface area (Å²) in [5, 5.41) is 0.446. The Morgan fingerprint density at radius 3 is 2.42 bits per heavy atom. The fourth-order valence-corrected chi connectivity index (χ4v) is 5.92. The first-order valence-electron chi connectivity index (χ1n) is 12.6. The highest BCUT2D eigenvalue weighted by molar-refractivity contribution is 8.13. The van der Waals surface area contributed by atoms with Gasteiger partial charge in [-0.25, -0.2) is 14.3 Å². The Hall–Kier alpha value is -3.98. The van der Waals surface area contributed by atoms with E-state index in [-0.39, 0.29) is 24.1 Å². The molecule has 0 aromatic heterocycles. The van der Waals surface area contributed by atoms with Gasteiger partial charge < -0.3 is 9.80 Å². The maximum atomic E-state index is 14.2. The Morgan fingerprint density at radius 2 is 1.63 bits per heavy atom. The molecule has 1 atom stereocenters. The zero-order valence-electron chi connectivity index (χ0n) is 20.7. The molecule has 0 N–H and O–H groups in total. The van der Waals surface area contributed by atoms with Crippen LogP contribution in [0.2, 0.25) is 0 Å². The summed E-state index contributed by atoms with van der Waals surface area (Å²) in [7, 11) is 0. The summed E-state index contributed by atoms with van der Waals surface area (Å²) in [4.78, 5) is 41.8. The van der Waals surface area contributed by atoms with Gasteiger partial charge in [0.05, 0.1) is 12.1 Å². The van der Waals surface area contributed by atoms with E-state index in [2.05, 4.69) is 17.0 Å². The minimum atomic E-state index is -0.810. The Balaban J connectivity index is 1.17. The largest absolute Gasteiger partial charge is 0.368 e. The molecular formula is C29H26FN5O2S. The number of rotatable bonds is 5. The van der Waals surface area contributed by atoms with Crippen molar-refractivity contribution in [2.45, 2.75) is 18.2 Å². The summed E-state index contributed by atoms with van der Waals surface area (Å²) in [6, 6.07) is 23.4. The number of carbonyl (C=O) groups is 2. The third kappa shape index (κ3) is 4.69. The van der Waals surface area contributed by atoms with Crippen molar-refractivity contribution < 1.29 is 14.0 Å². The highest BCUT2D eigenvalue weighted by atomic mass is 32.2. The molecule has 0 spiro atoms. The van der Waals surface area contributed by atoms with Crippen molar-refractivity contribution in [3.8, 4) is 0 Å². The number of amides is 2. The fourth-order valence-electron chi connectivity index (χ4n) is 4.94. The number of fused-ring (bicyclic) bond motifs is 3. The number of para-hydroxylation sites is 2. The molecule has 9 heteroatoms. The Kier molecular flexibility index (Phi) is 6.68. The number of amidine groups is 2. The molecule has 3 heterocycles. The number of aliphatic imine (C=N–C) groups is 2. The van der Waals surface area contributed by atoms with Crippen molar-refractivity contribution in [2.24, 2.45) is 9.98 Å². The van der Waals surface area contributed by atoms with Crippen LogP contribution < -0.4 is 4.90 Å². The van der Waals surface area contributed by atoms with Crippen molar-refractivity contribution in [3.05, 3.63) is 95.8 Å². The fraction of sp³-hybridized carbons (Fsp3) is 0.241. The minimum Gasteiger partial charge on any atom is -0.368 e. The summed E-state index contributed by atoms with van der Waals surface area (Å²) >= 11 is 1.29. The van der Waals surface area contributed by atoms with E-state index in [0.717, 1.165) is 24.3 Å². The molecule has 1 fully saturated rings. The van der Waals surface area contributed by atoms with E-state index in [1.54, 1.807) is 18.2 Å². The lowest BCUT2D eigenvalue weighted by atomic mass is 10.1. The third-order valence-corrected chi connectivity index (χ3v) is 7.97. The van der Waals surface area contributed by atoms with Gasteiger partial charge in [0.1, 0.15) is 17.7 Å². The van der Waals surface area contributed by atoms with E-state index in [9.17, 15) is 14.0 Å². The summed E-state index contributed by atoms with van der Waals surface area (Å²) in [5.74, 6) is 0.175. The van der Waals surface area contributed by atoms with Crippen LogP contribution in [0.15, 0.2) is 88.8 Å². The Bertz CT molecular complexity index is 1440. The number of carbonyl (C=O) groups excluding carboxylic acids is 2. The van der Waals surface area contributed by atoms with Crippen LogP contribution in [0.4, 0.5) is 15.8 Å². The molecule has 3 aromatic carbocycles. The van der Waals surface area contributed by atoms with Gasteiger partial charge in [0.2, 0.25) is 5.91 Å². The summed E-state index contributed by atoms with van der Waals surface area (Å²) in [6.45, 7) is 2.68. The van der Waals surface area contributed by atoms with Crippen LogP contribution in [-0.2, 0) is 15.3 Å². The molecule has 7 nitrogen and oxygen atoms in total. The number of piperazine rings is 1. The van der Waals surface area contributed by atoms with Crippen LogP contribution in [-0.4, -0.2) is 64.8 Å². The molecule has 6 rings (SSSR count). The van der Waals surface area contributed by atoms with Gasteiger partial charge in [-0.2, -0.15) is 0 Å². The predicted octanol–water partition coefficient (Wildman–Crippen LogP) is 4.46. The minimum absolute atomic E-state index is 0.0115. The van der Waals surface area contributed by atoms with E-state index < -0.39 is 6.04 Å². The molecule has 1 unspecified atom stereocenters. The number of benzene rings is 3. The average molecular weight is 528 g/mol. The first-order chi connectivity index (χ1) is 18.6. The highest BCUT2D eigenvalue weighted by Crippen LogP contribution is 2.35. The number of anilines is 1. The molecule has 3 aromatic rings. The van der Waals surface area contributed by atoms with Crippen LogP contribution in [0.5, 0.6) is 0 Å². The summed E-state index contributed by atoms with van der Waals surface area (Å²) in [5.41, 5.74) is 3.13. The van der Waals surface area contributed by atoms with Crippen LogP contribution in [0.25, 0.3) is 0 Å². The van der Waals surface area contributed by atoms with Crippen molar-refractivity contribution in [1.82, 2.24) is 9.80 Å². The normalized spacial score (nSPS) is 18.6. The molecular weight excluding hydrogens is 501 g/mol. The van der Waals surface area contributed by atoms with Crippen molar-refractivity contribution in [3.63, 3.8) is 0 Å². The van der Waals surface area contributed by atoms with Crippen molar-refractivity contribution in [2.75, 3.05) is 31.1 Å².